The summed E-state index contributed by atoms with van der Waals surface area (Å²) >= 11 is 0. The molecule has 1 heterocycles. The summed E-state index contributed by atoms with van der Waals surface area (Å²) in [6.07, 6.45) is -1.15. The van der Waals surface area contributed by atoms with Crippen LogP contribution in [0.5, 0.6) is 5.75 Å². The molecule has 0 saturated heterocycles. The monoisotopic (exact) mass is 424 g/mol. The first kappa shape index (κ1) is 21.6. The van der Waals surface area contributed by atoms with Gasteiger partial charge in [0.05, 0.1) is 19.9 Å². The molecule has 0 aliphatic carbocycles. The van der Waals surface area contributed by atoms with E-state index in [1.165, 1.54) is 25.8 Å². The van der Waals surface area contributed by atoms with Crippen LogP contribution in [0, 0.1) is 0 Å². The van der Waals surface area contributed by atoms with Crippen molar-refractivity contribution in [3.05, 3.63) is 65.9 Å². The largest absolute Gasteiger partial charge is 0.479 e. The van der Waals surface area contributed by atoms with E-state index in [4.69, 9.17) is 14.2 Å². The lowest BCUT2D eigenvalue weighted by atomic mass is 10.0. The number of carbonyl (C=O) groups excluding carboxylic acids is 2. The van der Waals surface area contributed by atoms with Gasteiger partial charge in [0.25, 0.3) is 0 Å². The Balaban J connectivity index is 2.31. The van der Waals surface area contributed by atoms with Crippen LogP contribution in [0.25, 0.3) is 16.9 Å². The van der Waals surface area contributed by atoms with Gasteiger partial charge < -0.3 is 19.3 Å². The molecule has 0 amide bonds. The summed E-state index contributed by atoms with van der Waals surface area (Å²) in [4.78, 5) is 36.6. The van der Waals surface area contributed by atoms with Crippen molar-refractivity contribution >= 4 is 17.9 Å². The van der Waals surface area contributed by atoms with Crippen molar-refractivity contribution in [1.29, 1.82) is 0 Å². The molecule has 3 rings (SSSR count). The highest BCUT2D eigenvalue weighted by Crippen LogP contribution is 2.35. The quantitative estimate of drug-likeness (QED) is 0.576. The smallest absolute Gasteiger partial charge is 0.357 e. The normalized spacial score (nSPS) is 11.5. The number of para-hydroxylation sites is 2. The summed E-state index contributed by atoms with van der Waals surface area (Å²) in [5, 5.41) is 13.7. The van der Waals surface area contributed by atoms with E-state index in [0.29, 0.717) is 11.3 Å². The number of methoxy groups -OCH3 is 2. The molecule has 1 atom stereocenters. The Morgan fingerprint density at radius 3 is 2.16 bits per heavy atom. The van der Waals surface area contributed by atoms with E-state index in [0.717, 1.165) is 0 Å². The summed E-state index contributed by atoms with van der Waals surface area (Å²) < 4.78 is 16.6. The van der Waals surface area contributed by atoms with Crippen LogP contribution in [0.3, 0.4) is 0 Å². The van der Waals surface area contributed by atoms with Crippen molar-refractivity contribution in [2.24, 2.45) is 0 Å². The number of hydrogen-bond donors (Lipinski definition) is 1. The molecule has 0 spiro atoms. The van der Waals surface area contributed by atoms with Crippen LogP contribution in [0.15, 0.2) is 54.6 Å². The molecule has 0 aliphatic rings. The highest BCUT2D eigenvalue weighted by atomic mass is 16.5. The molecule has 0 aliphatic heterocycles. The van der Waals surface area contributed by atoms with Crippen LogP contribution < -0.4 is 4.74 Å². The van der Waals surface area contributed by atoms with E-state index in [1.807, 2.05) is 0 Å². The van der Waals surface area contributed by atoms with Crippen molar-refractivity contribution in [1.82, 2.24) is 9.78 Å². The fourth-order valence-corrected chi connectivity index (χ4v) is 2.95. The summed E-state index contributed by atoms with van der Waals surface area (Å²) in [5.74, 6) is -2.58. The topological polar surface area (TPSA) is 117 Å². The fraction of sp³-hybridized carbons (Fsp3) is 0.182. The summed E-state index contributed by atoms with van der Waals surface area (Å²) in [6, 6.07) is 15.2. The number of ether oxygens (including phenoxy) is 3. The molecule has 3 aromatic rings. The average molecular weight is 424 g/mol. The van der Waals surface area contributed by atoms with Crippen LogP contribution >= 0.6 is 0 Å². The zero-order valence-corrected chi connectivity index (χ0v) is 17.1. The highest BCUT2D eigenvalue weighted by Gasteiger charge is 2.32. The van der Waals surface area contributed by atoms with Gasteiger partial charge in [-0.05, 0) is 31.2 Å². The lowest BCUT2D eigenvalue weighted by Crippen LogP contribution is -2.23. The van der Waals surface area contributed by atoms with Gasteiger partial charge in [0.1, 0.15) is 17.0 Å². The number of carboxylic acid groups (broad SMARTS) is 1. The number of carboxylic acids is 1. The number of aromatic nitrogens is 2. The molecule has 9 nitrogen and oxygen atoms in total. The third-order valence-electron chi connectivity index (χ3n) is 4.45. The Kier molecular flexibility index (Phi) is 6.35. The first-order valence-corrected chi connectivity index (χ1v) is 9.23. The first-order chi connectivity index (χ1) is 14.9. The summed E-state index contributed by atoms with van der Waals surface area (Å²) in [7, 11) is 2.37. The predicted octanol–water partition coefficient (Wildman–Crippen LogP) is 2.96. The van der Waals surface area contributed by atoms with Crippen molar-refractivity contribution in [2.75, 3.05) is 14.2 Å². The minimum absolute atomic E-state index is 0.0873. The third-order valence-corrected chi connectivity index (χ3v) is 4.45. The number of rotatable bonds is 7. The van der Waals surface area contributed by atoms with Gasteiger partial charge in [-0.15, -0.1) is 0 Å². The van der Waals surface area contributed by atoms with E-state index in [9.17, 15) is 19.5 Å². The van der Waals surface area contributed by atoms with Crippen molar-refractivity contribution in [3.8, 4) is 22.7 Å². The van der Waals surface area contributed by atoms with Gasteiger partial charge in [-0.25, -0.2) is 19.1 Å². The lowest BCUT2D eigenvalue weighted by molar-refractivity contribution is -0.144. The zero-order chi connectivity index (χ0) is 22.5. The number of hydrogen-bond acceptors (Lipinski definition) is 7. The molecule has 160 valence electrons. The molecule has 1 unspecified atom stereocenters. The summed E-state index contributed by atoms with van der Waals surface area (Å²) in [6.45, 7) is 1.38. The minimum atomic E-state index is -1.16. The maximum Gasteiger partial charge on any atom is 0.357 e. The molecule has 0 fully saturated rings. The molecule has 2 aromatic carbocycles. The number of aliphatic carboxylic acids is 1. The van der Waals surface area contributed by atoms with Crippen LogP contribution in [-0.4, -0.2) is 53.1 Å². The van der Waals surface area contributed by atoms with Gasteiger partial charge in [0, 0.05) is 5.56 Å². The number of benzene rings is 2. The average Bonchev–Trinajstić information content (AvgIpc) is 3.19. The number of nitrogens with zero attached hydrogens (tertiary/aromatic N) is 2. The molecule has 0 radical (unpaired) electrons. The molecule has 9 heteroatoms. The predicted molar refractivity (Wildman–Crippen MR) is 109 cm³/mol. The maximum atomic E-state index is 12.7. The van der Waals surface area contributed by atoms with E-state index < -0.39 is 24.0 Å². The second kappa shape index (κ2) is 9.12. The maximum absolute atomic E-state index is 12.7. The van der Waals surface area contributed by atoms with E-state index in [-0.39, 0.29) is 22.7 Å². The van der Waals surface area contributed by atoms with Gasteiger partial charge in [0.2, 0.25) is 0 Å². The van der Waals surface area contributed by atoms with Crippen LogP contribution in [0.4, 0.5) is 0 Å². The Bertz CT molecular complexity index is 1120. The Morgan fingerprint density at radius 1 is 0.935 bits per heavy atom. The van der Waals surface area contributed by atoms with Gasteiger partial charge in [0.15, 0.2) is 11.8 Å². The fourth-order valence-electron chi connectivity index (χ4n) is 2.95. The second-order valence-electron chi connectivity index (χ2n) is 6.40. The first-order valence-electron chi connectivity index (χ1n) is 9.23. The van der Waals surface area contributed by atoms with Gasteiger partial charge >= 0.3 is 17.9 Å². The molecule has 0 bridgehead atoms. The standard InChI is InChI=1S/C22H20N2O7/c1-13(20(25)26)31-16-12-8-7-11-15(16)18-17(21(27)29-2)19(22(28)30-3)24(23-18)14-9-5-4-6-10-14/h4-13H,1-3H3,(H,25,26). The van der Waals surface area contributed by atoms with E-state index in [2.05, 4.69) is 5.10 Å². The van der Waals surface area contributed by atoms with Crippen LogP contribution in [0.1, 0.15) is 27.8 Å². The molecule has 0 saturated carbocycles. The van der Waals surface area contributed by atoms with Crippen molar-refractivity contribution in [3.63, 3.8) is 0 Å². The Hall–Kier alpha value is -4.14. The minimum Gasteiger partial charge on any atom is -0.479 e. The van der Waals surface area contributed by atoms with E-state index >= 15 is 0 Å². The number of carbonyl (C=O) groups is 3. The zero-order valence-electron chi connectivity index (χ0n) is 17.1. The molecular weight excluding hydrogens is 404 g/mol. The van der Waals surface area contributed by atoms with Gasteiger partial charge in [-0.3, -0.25) is 0 Å². The molecule has 1 aromatic heterocycles. The SMILES string of the molecule is COC(=O)c1c(-c2ccccc2OC(C)C(=O)O)nn(-c2ccccc2)c1C(=O)OC. The second-order valence-corrected chi connectivity index (χ2v) is 6.40. The summed E-state index contributed by atoms with van der Waals surface area (Å²) in [5.41, 5.74) is 0.658. The van der Waals surface area contributed by atoms with E-state index in [1.54, 1.807) is 54.6 Å². The van der Waals surface area contributed by atoms with Crippen molar-refractivity contribution < 1.29 is 33.7 Å². The number of esters is 2. The molecule has 1 N–H and O–H groups in total. The van der Waals surface area contributed by atoms with Gasteiger partial charge in [-0.1, -0.05) is 30.3 Å². The molecule has 31 heavy (non-hydrogen) atoms. The molecular formula is C22H20N2O7. The Labute approximate surface area is 177 Å². The lowest BCUT2D eigenvalue weighted by Gasteiger charge is -2.14. The van der Waals surface area contributed by atoms with Crippen LogP contribution in [-0.2, 0) is 14.3 Å². The van der Waals surface area contributed by atoms with Crippen molar-refractivity contribution in [2.45, 2.75) is 13.0 Å². The van der Waals surface area contributed by atoms with Crippen LogP contribution in [0.2, 0.25) is 0 Å². The highest BCUT2D eigenvalue weighted by molar-refractivity contribution is 6.07. The van der Waals surface area contributed by atoms with Gasteiger partial charge in [-0.2, -0.15) is 5.10 Å². The Morgan fingerprint density at radius 2 is 1.55 bits per heavy atom. The third kappa shape index (κ3) is 4.25.